The van der Waals surface area contributed by atoms with Crippen LogP contribution in [0, 0.1) is 0 Å². The molecule has 1 heterocycles. The number of halogens is 1. The molecule has 1 atom stereocenters. The lowest BCUT2D eigenvalue weighted by Crippen LogP contribution is -2.16. The van der Waals surface area contributed by atoms with Gasteiger partial charge in [0.2, 0.25) is 5.91 Å². The molecule has 1 aliphatic heterocycles. The first kappa shape index (κ1) is 11.1. The van der Waals surface area contributed by atoms with E-state index < -0.39 is 5.92 Å². The van der Waals surface area contributed by atoms with E-state index in [1.54, 1.807) is 0 Å². The summed E-state index contributed by atoms with van der Waals surface area (Å²) < 4.78 is 5.46. The van der Waals surface area contributed by atoms with Crippen LogP contribution in [-0.2, 0) is 14.3 Å². The van der Waals surface area contributed by atoms with Crippen molar-refractivity contribution in [2.24, 2.45) is 0 Å². The molecule has 0 fully saturated rings. The van der Waals surface area contributed by atoms with Crippen LogP contribution >= 0.6 is 15.9 Å². The fraction of sp³-hybridized carbons (Fsp3) is 0.273. The second-order valence-electron chi connectivity index (χ2n) is 3.55. The van der Waals surface area contributed by atoms with E-state index >= 15 is 0 Å². The van der Waals surface area contributed by atoms with Gasteiger partial charge in [0.1, 0.15) is 0 Å². The van der Waals surface area contributed by atoms with E-state index in [4.69, 9.17) is 0 Å². The van der Waals surface area contributed by atoms with Crippen molar-refractivity contribution in [1.29, 1.82) is 0 Å². The summed E-state index contributed by atoms with van der Waals surface area (Å²) in [7, 11) is 1.32. The van der Waals surface area contributed by atoms with E-state index in [1.165, 1.54) is 7.11 Å². The van der Waals surface area contributed by atoms with Gasteiger partial charge in [-0.25, -0.2) is 0 Å². The number of carbonyl (C=O) groups is 2. The Morgan fingerprint density at radius 2 is 2.31 bits per heavy atom. The van der Waals surface area contributed by atoms with Crippen molar-refractivity contribution in [2.75, 3.05) is 12.4 Å². The molecule has 84 valence electrons. The van der Waals surface area contributed by atoms with E-state index in [0.29, 0.717) is 0 Å². The quantitative estimate of drug-likeness (QED) is 0.846. The number of ether oxygens (including phenoxy) is 1. The second-order valence-corrected chi connectivity index (χ2v) is 4.47. The molecule has 0 spiro atoms. The maximum absolute atomic E-state index is 11.7. The topological polar surface area (TPSA) is 55.4 Å². The van der Waals surface area contributed by atoms with Gasteiger partial charge < -0.3 is 10.1 Å². The van der Waals surface area contributed by atoms with E-state index in [0.717, 1.165) is 15.7 Å². The fourth-order valence-corrected chi connectivity index (χ4v) is 2.12. The van der Waals surface area contributed by atoms with Crippen LogP contribution in [0.25, 0.3) is 0 Å². The molecule has 1 aromatic rings. The number of hydrogen-bond acceptors (Lipinski definition) is 3. The molecular formula is C11H10BrNO3. The largest absolute Gasteiger partial charge is 0.469 e. The molecular weight excluding hydrogens is 274 g/mol. The smallest absolute Gasteiger partial charge is 0.306 e. The molecule has 0 saturated heterocycles. The van der Waals surface area contributed by atoms with Crippen molar-refractivity contribution < 1.29 is 14.3 Å². The molecule has 0 saturated carbocycles. The highest BCUT2D eigenvalue weighted by Gasteiger charge is 2.32. The Labute approximate surface area is 101 Å². The third kappa shape index (κ3) is 1.95. The van der Waals surface area contributed by atoms with Gasteiger partial charge in [0, 0.05) is 10.2 Å². The summed E-state index contributed by atoms with van der Waals surface area (Å²) in [4.78, 5) is 22.8. The number of carbonyl (C=O) groups excluding carboxylic acids is 2. The molecule has 0 aromatic heterocycles. The molecule has 16 heavy (non-hydrogen) atoms. The average Bonchev–Trinajstić information content (AvgIpc) is 2.54. The molecule has 1 aromatic carbocycles. The van der Waals surface area contributed by atoms with Crippen LogP contribution in [0.2, 0.25) is 0 Å². The van der Waals surface area contributed by atoms with Crippen LogP contribution in [0.5, 0.6) is 0 Å². The number of fused-ring (bicyclic) bond motifs is 1. The lowest BCUT2D eigenvalue weighted by molar-refractivity contribution is -0.142. The van der Waals surface area contributed by atoms with Gasteiger partial charge in [0.25, 0.3) is 0 Å². The highest BCUT2D eigenvalue weighted by Crippen LogP contribution is 2.36. The number of anilines is 1. The normalized spacial score (nSPS) is 17.9. The molecule has 1 aliphatic rings. The van der Waals surface area contributed by atoms with Crippen LogP contribution in [0.1, 0.15) is 17.9 Å². The third-order valence-corrected chi connectivity index (χ3v) is 3.06. The molecule has 2 rings (SSSR count). The van der Waals surface area contributed by atoms with Gasteiger partial charge in [-0.2, -0.15) is 0 Å². The van der Waals surface area contributed by atoms with E-state index in [9.17, 15) is 9.59 Å². The summed E-state index contributed by atoms with van der Waals surface area (Å²) in [5.41, 5.74) is 1.60. The highest BCUT2D eigenvalue weighted by molar-refractivity contribution is 9.10. The molecule has 1 N–H and O–H groups in total. The first-order valence-electron chi connectivity index (χ1n) is 4.79. The van der Waals surface area contributed by atoms with Gasteiger partial charge in [0.05, 0.1) is 19.4 Å². The van der Waals surface area contributed by atoms with Gasteiger partial charge in [-0.3, -0.25) is 9.59 Å². The third-order valence-electron chi connectivity index (χ3n) is 2.56. The number of nitrogens with one attached hydrogen (secondary N) is 1. The first-order chi connectivity index (χ1) is 7.61. The van der Waals surface area contributed by atoms with Gasteiger partial charge >= 0.3 is 5.97 Å². The summed E-state index contributed by atoms with van der Waals surface area (Å²) in [5, 5.41) is 2.74. The molecule has 5 heteroatoms. The fourth-order valence-electron chi connectivity index (χ4n) is 1.75. The minimum Gasteiger partial charge on any atom is -0.469 e. The predicted molar refractivity (Wildman–Crippen MR) is 62.1 cm³/mol. The lowest BCUT2D eigenvalue weighted by Gasteiger charge is -2.06. The van der Waals surface area contributed by atoms with E-state index in [-0.39, 0.29) is 18.3 Å². The van der Waals surface area contributed by atoms with E-state index in [2.05, 4.69) is 26.0 Å². The Bertz CT molecular complexity index is 459. The SMILES string of the molecule is COC(=O)CC1C(=O)Nc2cc(Br)ccc21. The summed E-state index contributed by atoms with van der Waals surface area (Å²) in [6.45, 7) is 0. The van der Waals surface area contributed by atoms with Crippen molar-refractivity contribution in [2.45, 2.75) is 12.3 Å². The van der Waals surface area contributed by atoms with Crippen LogP contribution in [-0.4, -0.2) is 19.0 Å². The van der Waals surface area contributed by atoms with Gasteiger partial charge in [0.15, 0.2) is 0 Å². The van der Waals surface area contributed by atoms with Gasteiger partial charge in [-0.1, -0.05) is 22.0 Å². The average molecular weight is 284 g/mol. The highest BCUT2D eigenvalue weighted by atomic mass is 79.9. The van der Waals surface area contributed by atoms with Crippen LogP contribution in [0.15, 0.2) is 22.7 Å². The van der Waals surface area contributed by atoms with Crippen molar-refractivity contribution in [3.05, 3.63) is 28.2 Å². The summed E-state index contributed by atoms with van der Waals surface area (Å²) in [6, 6.07) is 5.51. The van der Waals surface area contributed by atoms with Gasteiger partial charge in [-0.15, -0.1) is 0 Å². The zero-order valence-electron chi connectivity index (χ0n) is 8.62. The Morgan fingerprint density at radius 1 is 1.56 bits per heavy atom. The maximum atomic E-state index is 11.7. The lowest BCUT2D eigenvalue weighted by atomic mass is 9.97. The monoisotopic (exact) mass is 283 g/mol. The second kappa shape index (κ2) is 4.25. The summed E-state index contributed by atoms with van der Waals surface area (Å²) in [5.74, 6) is -0.968. The van der Waals surface area contributed by atoms with Crippen molar-refractivity contribution in [3.63, 3.8) is 0 Å². The summed E-state index contributed by atoms with van der Waals surface area (Å²) in [6.07, 6.45) is 0.0803. The maximum Gasteiger partial charge on any atom is 0.306 e. The Balaban J connectivity index is 2.29. The van der Waals surface area contributed by atoms with Crippen LogP contribution in [0.4, 0.5) is 5.69 Å². The van der Waals surface area contributed by atoms with Crippen molar-refractivity contribution >= 4 is 33.5 Å². The Hall–Kier alpha value is -1.36. The zero-order valence-corrected chi connectivity index (χ0v) is 10.2. The van der Waals surface area contributed by atoms with Gasteiger partial charge in [-0.05, 0) is 17.7 Å². The van der Waals surface area contributed by atoms with Crippen LogP contribution < -0.4 is 5.32 Å². The Morgan fingerprint density at radius 3 is 3.00 bits per heavy atom. The minimum atomic E-state index is -0.435. The number of rotatable bonds is 2. The number of hydrogen-bond donors (Lipinski definition) is 1. The predicted octanol–water partition coefficient (Wildman–Crippen LogP) is 2.05. The standard InChI is InChI=1S/C11H10BrNO3/c1-16-10(14)5-8-7-3-2-6(12)4-9(7)13-11(8)15/h2-4,8H,5H2,1H3,(H,13,15). The Kier molecular flexibility index (Phi) is 2.96. The zero-order chi connectivity index (χ0) is 11.7. The summed E-state index contributed by atoms with van der Waals surface area (Å²) >= 11 is 3.33. The molecule has 1 unspecified atom stereocenters. The van der Waals surface area contributed by atoms with Crippen LogP contribution in [0.3, 0.4) is 0 Å². The van der Waals surface area contributed by atoms with E-state index in [1.807, 2.05) is 18.2 Å². The molecule has 4 nitrogen and oxygen atoms in total. The number of benzene rings is 1. The number of amides is 1. The van der Waals surface area contributed by atoms with Crippen molar-refractivity contribution in [1.82, 2.24) is 0 Å². The minimum absolute atomic E-state index is 0.0803. The molecule has 0 bridgehead atoms. The first-order valence-corrected chi connectivity index (χ1v) is 5.58. The van der Waals surface area contributed by atoms with Crippen molar-refractivity contribution in [3.8, 4) is 0 Å². The number of esters is 1. The molecule has 0 radical (unpaired) electrons. The number of methoxy groups -OCH3 is 1. The molecule has 1 amide bonds. The molecule has 0 aliphatic carbocycles.